The number of rotatable bonds is 44. The lowest BCUT2D eigenvalue weighted by Gasteiger charge is -2.20. The maximum atomic E-state index is 12.4. The number of nitrogens with one attached hydrogen (secondary N) is 1. The van der Waals surface area contributed by atoms with Gasteiger partial charge in [-0.05, 0) is 44.9 Å². The normalized spacial score (nSPS) is 13.1. The van der Waals surface area contributed by atoms with E-state index in [9.17, 15) is 15.0 Å². The summed E-state index contributed by atoms with van der Waals surface area (Å²) in [6.45, 7) is 4.33. The summed E-state index contributed by atoms with van der Waals surface area (Å²) in [7, 11) is 0. The van der Waals surface area contributed by atoms with Crippen LogP contribution in [-0.4, -0.2) is 34.9 Å². The zero-order chi connectivity index (χ0) is 38.6. The Labute approximate surface area is 332 Å². The molecule has 0 aliphatic heterocycles. The number of aliphatic hydroxyl groups is 2. The number of aliphatic hydroxyl groups excluding tert-OH is 2. The van der Waals surface area contributed by atoms with Crippen LogP contribution in [0.4, 0.5) is 0 Å². The molecule has 0 saturated carbocycles. The minimum absolute atomic E-state index is 0.0656. The summed E-state index contributed by atoms with van der Waals surface area (Å²) in [5.74, 6) is -0.0656. The number of hydrogen-bond donors (Lipinski definition) is 3. The van der Waals surface area contributed by atoms with Gasteiger partial charge < -0.3 is 15.5 Å². The van der Waals surface area contributed by atoms with E-state index in [1.54, 1.807) is 6.08 Å². The van der Waals surface area contributed by atoms with Gasteiger partial charge in [0.2, 0.25) is 5.91 Å². The van der Waals surface area contributed by atoms with Crippen molar-refractivity contribution in [1.82, 2.24) is 5.32 Å². The highest BCUT2D eigenvalue weighted by Crippen LogP contribution is 2.16. The predicted molar refractivity (Wildman–Crippen MR) is 235 cm³/mol. The molecule has 3 N–H and O–H groups in total. The second-order valence-electron chi connectivity index (χ2n) is 16.5. The third kappa shape index (κ3) is 41.9. The van der Waals surface area contributed by atoms with Gasteiger partial charge >= 0.3 is 0 Å². The Hall–Kier alpha value is -1.13. The van der Waals surface area contributed by atoms with Crippen LogP contribution in [0.5, 0.6) is 0 Å². The molecule has 0 bridgehead atoms. The maximum absolute atomic E-state index is 12.4. The summed E-state index contributed by atoms with van der Waals surface area (Å²) < 4.78 is 0. The molecule has 0 spiro atoms. The molecule has 0 aromatic carbocycles. The van der Waals surface area contributed by atoms with Crippen molar-refractivity contribution in [2.45, 2.75) is 276 Å². The number of unbranched alkanes of at least 4 members (excludes halogenated alkanes) is 35. The summed E-state index contributed by atoms with van der Waals surface area (Å²) in [6.07, 6.45) is 58.7. The van der Waals surface area contributed by atoms with Gasteiger partial charge in [0, 0.05) is 6.42 Å². The van der Waals surface area contributed by atoms with E-state index >= 15 is 0 Å². The van der Waals surface area contributed by atoms with Crippen molar-refractivity contribution in [3.05, 3.63) is 24.3 Å². The van der Waals surface area contributed by atoms with Gasteiger partial charge in [-0.3, -0.25) is 4.79 Å². The van der Waals surface area contributed by atoms with Crippen molar-refractivity contribution in [1.29, 1.82) is 0 Å². The summed E-state index contributed by atoms with van der Waals surface area (Å²) in [4.78, 5) is 12.4. The van der Waals surface area contributed by atoms with E-state index in [0.717, 1.165) is 25.7 Å². The topological polar surface area (TPSA) is 69.6 Å². The van der Waals surface area contributed by atoms with Crippen LogP contribution in [0, 0.1) is 0 Å². The van der Waals surface area contributed by atoms with E-state index in [-0.39, 0.29) is 12.5 Å². The highest BCUT2D eigenvalue weighted by Gasteiger charge is 2.18. The Bertz CT molecular complexity index is 765. The molecule has 0 aromatic rings. The van der Waals surface area contributed by atoms with Crippen molar-refractivity contribution in [2.24, 2.45) is 0 Å². The molecule has 0 aliphatic carbocycles. The summed E-state index contributed by atoms with van der Waals surface area (Å²) in [6, 6.07) is -0.622. The van der Waals surface area contributed by atoms with Gasteiger partial charge in [-0.1, -0.05) is 237 Å². The van der Waals surface area contributed by atoms with E-state index in [1.807, 2.05) is 6.08 Å². The Kier molecular flexibility index (Phi) is 44.3. The second-order valence-corrected chi connectivity index (χ2v) is 16.5. The first kappa shape index (κ1) is 51.9. The predicted octanol–water partition coefficient (Wildman–Crippen LogP) is 15.2. The Morgan fingerprint density at radius 1 is 0.434 bits per heavy atom. The molecule has 0 saturated heterocycles. The fraction of sp³-hybridized carbons (Fsp3) is 0.898. The second kappa shape index (κ2) is 45.3. The van der Waals surface area contributed by atoms with E-state index in [2.05, 4.69) is 31.3 Å². The van der Waals surface area contributed by atoms with E-state index in [1.165, 1.54) is 218 Å². The van der Waals surface area contributed by atoms with Crippen molar-refractivity contribution in [3.63, 3.8) is 0 Å². The van der Waals surface area contributed by atoms with Gasteiger partial charge in [0.05, 0.1) is 18.8 Å². The van der Waals surface area contributed by atoms with Crippen LogP contribution in [0.1, 0.15) is 264 Å². The van der Waals surface area contributed by atoms with E-state index in [4.69, 9.17) is 0 Å². The van der Waals surface area contributed by atoms with Crippen molar-refractivity contribution in [3.8, 4) is 0 Å². The molecule has 2 atom stereocenters. The van der Waals surface area contributed by atoms with Crippen LogP contribution in [0.15, 0.2) is 24.3 Å². The lowest BCUT2D eigenvalue weighted by molar-refractivity contribution is -0.123. The fourth-order valence-corrected chi connectivity index (χ4v) is 7.47. The first-order chi connectivity index (χ1) is 26.2. The first-order valence-electron chi connectivity index (χ1n) is 24.1. The van der Waals surface area contributed by atoms with Gasteiger partial charge in [0.1, 0.15) is 0 Å². The highest BCUT2D eigenvalue weighted by molar-refractivity contribution is 5.76. The van der Waals surface area contributed by atoms with Gasteiger partial charge in [-0.15, -0.1) is 0 Å². The number of allylic oxidation sites excluding steroid dienone is 3. The number of amides is 1. The van der Waals surface area contributed by atoms with Gasteiger partial charge in [0.25, 0.3) is 0 Å². The lowest BCUT2D eigenvalue weighted by atomic mass is 10.0. The molecular formula is C49H95NO3. The van der Waals surface area contributed by atoms with Crippen LogP contribution in [0.25, 0.3) is 0 Å². The third-order valence-electron chi connectivity index (χ3n) is 11.2. The molecule has 314 valence electrons. The molecule has 0 heterocycles. The van der Waals surface area contributed by atoms with Crippen molar-refractivity contribution in [2.75, 3.05) is 6.61 Å². The van der Waals surface area contributed by atoms with Gasteiger partial charge in [-0.2, -0.15) is 0 Å². The standard InChI is InChI=1S/C49H95NO3/c1-3-5-7-9-11-13-15-17-19-21-23-24-25-26-27-28-30-32-34-36-38-40-42-44-48(52)47(46-51)50-49(53)45-43-41-39-37-35-33-31-29-22-20-18-16-14-12-10-8-6-4-2/h20,22,42,44,47-48,51-52H,3-19,21,23-41,43,45-46H2,1-2H3,(H,50,53)/b22-20-,44-42+. The zero-order valence-corrected chi connectivity index (χ0v) is 36.1. The van der Waals surface area contributed by atoms with Crippen molar-refractivity contribution < 1.29 is 15.0 Å². The highest BCUT2D eigenvalue weighted by atomic mass is 16.3. The van der Waals surface area contributed by atoms with E-state index < -0.39 is 12.1 Å². The largest absolute Gasteiger partial charge is 0.394 e. The number of carbonyl (C=O) groups excluding carboxylic acids is 1. The van der Waals surface area contributed by atoms with Crippen LogP contribution < -0.4 is 5.32 Å². The smallest absolute Gasteiger partial charge is 0.220 e. The molecule has 0 rings (SSSR count). The molecule has 0 aromatic heterocycles. The maximum Gasteiger partial charge on any atom is 0.220 e. The first-order valence-corrected chi connectivity index (χ1v) is 24.1. The summed E-state index contributed by atoms with van der Waals surface area (Å²) in [5, 5.41) is 23.1. The van der Waals surface area contributed by atoms with Crippen molar-refractivity contribution >= 4 is 5.91 Å². The molecule has 0 radical (unpaired) electrons. The molecule has 1 amide bonds. The van der Waals surface area contributed by atoms with Crippen LogP contribution in [0.2, 0.25) is 0 Å². The van der Waals surface area contributed by atoms with Crippen LogP contribution >= 0.6 is 0 Å². The molecule has 4 nitrogen and oxygen atoms in total. The third-order valence-corrected chi connectivity index (χ3v) is 11.2. The lowest BCUT2D eigenvalue weighted by Crippen LogP contribution is -2.45. The molecule has 0 aliphatic rings. The minimum Gasteiger partial charge on any atom is -0.394 e. The van der Waals surface area contributed by atoms with Gasteiger partial charge in [0.15, 0.2) is 0 Å². The zero-order valence-electron chi connectivity index (χ0n) is 36.1. The minimum atomic E-state index is -0.839. The SMILES string of the molecule is CCCCCCCCC/C=C\CCCCCCCCCC(=O)NC(CO)C(O)/C=C/CCCCCCCCCCCCCCCCCCCCCCC. The quantitative estimate of drug-likeness (QED) is 0.0430. The molecule has 2 unspecified atom stereocenters. The summed E-state index contributed by atoms with van der Waals surface area (Å²) >= 11 is 0. The van der Waals surface area contributed by atoms with E-state index in [0.29, 0.717) is 6.42 Å². The Morgan fingerprint density at radius 2 is 0.717 bits per heavy atom. The number of hydrogen-bond acceptors (Lipinski definition) is 3. The molecule has 53 heavy (non-hydrogen) atoms. The molecule has 0 fully saturated rings. The number of carbonyl (C=O) groups is 1. The van der Waals surface area contributed by atoms with Gasteiger partial charge in [-0.25, -0.2) is 0 Å². The average molecular weight is 746 g/mol. The Balaban J connectivity index is 3.52. The molecule has 4 heteroatoms. The monoisotopic (exact) mass is 746 g/mol. The van der Waals surface area contributed by atoms with Crippen LogP contribution in [-0.2, 0) is 4.79 Å². The van der Waals surface area contributed by atoms with Crippen LogP contribution in [0.3, 0.4) is 0 Å². The Morgan fingerprint density at radius 3 is 1.04 bits per heavy atom. The molecular weight excluding hydrogens is 651 g/mol. The fourth-order valence-electron chi connectivity index (χ4n) is 7.47. The average Bonchev–Trinajstić information content (AvgIpc) is 3.16. The summed E-state index contributed by atoms with van der Waals surface area (Å²) in [5.41, 5.74) is 0.